The summed E-state index contributed by atoms with van der Waals surface area (Å²) in [5, 5.41) is 8.76. The molecule has 0 aliphatic heterocycles. The van der Waals surface area contributed by atoms with Crippen LogP contribution in [0.15, 0.2) is 42.5 Å². The Kier molecular flexibility index (Phi) is 4.83. The molecule has 0 unspecified atom stereocenters. The molecule has 0 amide bonds. The van der Waals surface area contributed by atoms with Gasteiger partial charge in [-0.3, -0.25) is 4.57 Å². The van der Waals surface area contributed by atoms with Gasteiger partial charge in [-0.25, -0.2) is 0 Å². The van der Waals surface area contributed by atoms with Crippen molar-refractivity contribution in [1.29, 1.82) is 0 Å². The van der Waals surface area contributed by atoms with Crippen molar-refractivity contribution in [2.45, 2.75) is 5.53 Å². The van der Waals surface area contributed by atoms with Gasteiger partial charge in [0.1, 0.15) is 16.8 Å². The molecule has 2 N–H and O–H groups in total. The van der Waals surface area contributed by atoms with Crippen molar-refractivity contribution < 1.29 is 28.6 Å². The molecule has 0 aliphatic carbocycles. The number of aromatic nitrogens is 3. The summed E-state index contributed by atoms with van der Waals surface area (Å²) in [5.74, 6) is 0.673. The number of methoxy groups -OCH3 is 3. The molecule has 0 saturated heterocycles. The van der Waals surface area contributed by atoms with Crippen molar-refractivity contribution in [3.8, 4) is 11.4 Å². The standard InChI is InChI=1S/C16H18N3O6P/c1-23-13-8-9-14-15(10-13)18-19(17-14)12-6-4-11(5-7-12)16(24-2,25-3)26(20,21)22/h4-10H,1-3H3,(H2,20,21,22). The maximum absolute atomic E-state index is 11.9. The molecule has 0 atom stereocenters. The molecule has 10 heteroatoms. The van der Waals surface area contributed by atoms with Gasteiger partial charge in [0, 0.05) is 25.8 Å². The Balaban J connectivity index is 2.00. The highest BCUT2D eigenvalue weighted by Crippen LogP contribution is 2.57. The van der Waals surface area contributed by atoms with Crippen LogP contribution in [0.4, 0.5) is 0 Å². The first-order chi connectivity index (χ1) is 12.3. The van der Waals surface area contributed by atoms with E-state index < -0.39 is 13.1 Å². The topological polar surface area (TPSA) is 116 Å². The normalized spacial score (nSPS) is 12.5. The van der Waals surface area contributed by atoms with E-state index in [9.17, 15) is 14.4 Å². The third-order valence-electron chi connectivity index (χ3n) is 3.99. The molecule has 9 nitrogen and oxygen atoms in total. The Bertz CT molecular complexity index is 962. The zero-order valence-corrected chi connectivity index (χ0v) is 15.3. The van der Waals surface area contributed by atoms with Gasteiger partial charge < -0.3 is 24.0 Å². The predicted octanol–water partition coefficient (Wildman–Crippen LogP) is 2.01. The highest BCUT2D eigenvalue weighted by Gasteiger charge is 2.50. The van der Waals surface area contributed by atoms with Crippen molar-refractivity contribution in [3.63, 3.8) is 0 Å². The van der Waals surface area contributed by atoms with Crippen LogP contribution >= 0.6 is 7.60 Å². The number of benzene rings is 2. The molecule has 0 fully saturated rings. The van der Waals surface area contributed by atoms with Crippen LogP contribution in [0.2, 0.25) is 0 Å². The third-order valence-corrected chi connectivity index (χ3v) is 5.38. The first kappa shape index (κ1) is 18.5. The van der Waals surface area contributed by atoms with E-state index in [4.69, 9.17) is 14.2 Å². The smallest absolute Gasteiger partial charge is 0.389 e. The van der Waals surface area contributed by atoms with Crippen LogP contribution in [0, 0.1) is 0 Å². The van der Waals surface area contributed by atoms with Crippen LogP contribution in [0.25, 0.3) is 16.7 Å². The second-order valence-electron chi connectivity index (χ2n) is 5.43. The minimum atomic E-state index is -4.74. The molecule has 2 aromatic carbocycles. The lowest BCUT2D eigenvalue weighted by Crippen LogP contribution is -2.30. The molecule has 0 aliphatic rings. The van der Waals surface area contributed by atoms with Gasteiger partial charge in [-0.15, -0.1) is 10.2 Å². The summed E-state index contributed by atoms with van der Waals surface area (Å²) in [6.45, 7) is 0. The van der Waals surface area contributed by atoms with Gasteiger partial charge in [-0.2, -0.15) is 4.80 Å². The van der Waals surface area contributed by atoms with E-state index in [-0.39, 0.29) is 5.56 Å². The van der Waals surface area contributed by atoms with Crippen molar-refractivity contribution in [2.75, 3.05) is 21.3 Å². The lowest BCUT2D eigenvalue weighted by atomic mass is 10.2. The minimum absolute atomic E-state index is 0.179. The third kappa shape index (κ3) is 3.00. The lowest BCUT2D eigenvalue weighted by Gasteiger charge is -2.31. The second-order valence-corrected chi connectivity index (χ2v) is 7.10. The molecule has 3 aromatic rings. The summed E-state index contributed by atoms with van der Waals surface area (Å²) < 4.78 is 27.1. The monoisotopic (exact) mass is 379 g/mol. The second kappa shape index (κ2) is 6.79. The number of hydrogen-bond acceptors (Lipinski definition) is 6. The first-order valence-corrected chi connectivity index (χ1v) is 9.14. The summed E-state index contributed by atoms with van der Waals surface area (Å²) in [4.78, 5) is 20.7. The van der Waals surface area contributed by atoms with Crippen LogP contribution in [0.5, 0.6) is 5.75 Å². The average Bonchev–Trinajstić information content (AvgIpc) is 3.05. The van der Waals surface area contributed by atoms with Gasteiger partial charge in [0.05, 0.1) is 12.8 Å². The van der Waals surface area contributed by atoms with Crippen LogP contribution in [-0.2, 0) is 19.6 Å². The molecule has 0 saturated carbocycles. The van der Waals surface area contributed by atoms with Gasteiger partial charge in [0.2, 0.25) is 0 Å². The SMILES string of the molecule is COc1ccc2nn(-c3ccc(C(OC)(OC)P(=O)(O)O)cc3)nc2c1. The Morgan fingerprint density at radius 2 is 1.58 bits per heavy atom. The average molecular weight is 379 g/mol. The van der Waals surface area contributed by atoms with E-state index in [2.05, 4.69) is 10.2 Å². The fourth-order valence-corrected chi connectivity index (χ4v) is 3.63. The van der Waals surface area contributed by atoms with E-state index in [1.54, 1.807) is 37.4 Å². The Morgan fingerprint density at radius 3 is 2.12 bits per heavy atom. The quantitative estimate of drug-likeness (QED) is 0.494. The molecular formula is C16H18N3O6P. The fourth-order valence-electron chi connectivity index (χ4n) is 2.67. The van der Waals surface area contributed by atoms with Crippen molar-refractivity contribution in [3.05, 3.63) is 48.0 Å². The summed E-state index contributed by atoms with van der Waals surface area (Å²) >= 11 is 0. The molecular weight excluding hydrogens is 361 g/mol. The van der Waals surface area contributed by atoms with Crippen LogP contribution in [0.1, 0.15) is 5.56 Å². The van der Waals surface area contributed by atoms with Crippen molar-refractivity contribution in [2.24, 2.45) is 0 Å². The number of hydrogen-bond donors (Lipinski definition) is 2. The van der Waals surface area contributed by atoms with Gasteiger partial charge >= 0.3 is 7.60 Å². The molecule has 0 spiro atoms. The summed E-state index contributed by atoms with van der Waals surface area (Å²) in [5.41, 5.74) is -0.0325. The number of rotatable bonds is 6. The van der Waals surface area contributed by atoms with Crippen LogP contribution in [0.3, 0.4) is 0 Å². The Hall–Kier alpha value is -2.29. The van der Waals surface area contributed by atoms with Gasteiger partial charge in [0.15, 0.2) is 0 Å². The van der Waals surface area contributed by atoms with Gasteiger partial charge in [-0.05, 0) is 24.3 Å². The molecule has 0 bridgehead atoms. The van der Waals surface area contributed by atoms with E-state index in [1.165, 1.54) is 31.1 Å². The number of fused-ring (bicyclic) bond motifs is 1. The zero-order valence-electron chi connectivity index (χ0n) is 14.4. The molecule has 1 heterocycles. The van der Waals surface area contributed by atoms with Crippen molar-refractivity contribution >= 4 is 18.6 Å². The summed E-state index contributed by atoms with van der Waals surface area (Å²) in [7, 11) is -0.828. The first-order valence-electron chi connectivity index (χ1n) is 7.52. The van der Waals surface area contributed by atoms with Crippen LogP contribution < -0.4 is 4.74 Å². The number of nitrogens with zero attached hydrogens (tertiary/aromatic N) is 3. The summed E-state index contributed by atoms with van der Waals surface area (Å²) in [6.07, 6.45) is 0. The van der Waals surface area contributed by atoms with E-state index in [1.807, 2.05) is 0 Å². The van der Waals surface area contributed by atoms with Gasteiger partial charge in [0.25, 0.3) is 5.53 Å². The van der Waals surface area contributed by atoms with E-state index in [0.29, 0.717) is 22.5 Å². The van der Waals surface area contributed by atoms with Gasteiger partial charge in [-0.1, -0.05) is 12.1 Å². The fraction of sp³-hybridized carbons (Fsp3) is 0.250. The maximum Gasteiger partial charge on any atom is 0.389 e. The zero-order chi connectivity index (χ0) is 18.9. The maximum atomic E-state index is 11.9. The van der Waals surface area contributed by atoms with Crippen LogP contribution in [-0.4, -0.2) is 46.1 Å². The molecule has 0 radical (unpaired) electrons. The highest BCUT2D eigenvalue weighted by molar-refractivity contribution is 7.52. The number of ether oxygens (including phenoxy) is 3. The van der Waals surface area contributed by atoms with Crippen molar-refractivity contribution in [1.82, 2.24) is 15.0 Å². The lowest BCUT2D eigenvalue weighted by molar-refractivity contribution is -0.162. The Labute approximate surface area is 149 Å². The van der Waals surface area contributed by atoms with E-state index >= 15 is 0 Å². The molecule has 138 valence electrons. The summed E-state index contributed by atoms with van der Waals surface area (Å²) in [6, 6.07) is 11.6. The molecule has 26 heavy (non-hydrogen) atoms. The van der Waals surface area contributed by atoms with E-state index in [0.717, 1.165) is 0 Å². The minimum Gasteiger partial charge on any atom is -0.497 e. The molecule has 3 rings (SSSR count). The Morgan fingerprint density at radius 1 is 0.962 bits per heavy atom. The largest absolute Gasteiger partial charge is 0.497 e. The predicted molar refractivity (Wildman–Crippen MR) is 93.2 cm³/mol. The molecule has 1 aromatic heterocycles. The highest BCUT2D eigenvalue weighted by atomic mass is 31.2.